The van der Waals surface area contributed by atoms with E-state index in [1.54, 1.807) is 17.4 Å². The van der Waals surface area contributed by atoms with Crippen molar-refractivity contribution < 1.29 is 4.39 Å². The first-order chi connectivity index (χ1) is 8.22. The second-order valence-corrected chi connectivity index (χ2v) is 5.81. The first-order valence-corrected chi connectivity index (χ1v) is 7.40. The number of nitrogens with one attached hydrogen (secondary N) is 1. The van der Waals surface area contributed by atoms with Crippen LogP contribution < -0.4 is 5.32 Å². The van der Waals surface area contributed by atoms with Gasteiger partial charge in [-0.1, -0.05) is 19.1 Å². The molecule has 90 valence electrons. The van der Waals surface area contributed by atoms with Gasteiger partial charge in [0, 0.05) is 8.45 Å². The molecule has 0 spiro atoms. The summed E-state index contributed by atoms with van der Waals surface area (Å²) in [5, 5.41) is 5.51. The third-order valence-corrected chi connectivity index (χ3v) is 4.38. The van der Waals surface area contributed by atoms with Crippen LogP contribution in [0.4, 0.5) is 4.39 Å². The van der Waals surface area contributed by atoms with Crippen LogP contribution in [-0.2, 0) is 0 Å². The highest BCUT2D eigenvalue weighted by Crippen LogP contribution is 2.29. The summed E-state index contributed by atoms with van der Waals surface area (Å²) in [5.41, 5.74) is 1.14. The summed E-state index contributed by atoms with van der Waals surface area (Å²) in [6.45, 7) is 2.97. The molecule has 0 aliphatic heterocycles. The second-order valence-electron chi connectivity index (χ2n) is 3.67. The van der Waals surface area contributed by atoms with Crippen LogP contribution in [0.5, 0.6) is 0 Å². The predicted molar refractivity (Wildman–Crippen MR) is 79.0 cm³/mol. The number of rotatable bonds is 4. The van der Waals surface area contributed by atoms with Crippen molar-refractivity contribution in [2.75, 3.05) is 6.54 Å². The van der Waals surface area contributed by atoms with Crippen LogP contribution in [0.2, 0.25) is 0 Å². The summed E-state index contributed by atoms with van der Waals surface area (Å²) in [6.07, 6.45) is 0. The van der Waals surface area contributed by atoms with E-state index >= 15 is 0 Å². The van der Waals surface area contributed by atoms with Crippen molar-refractivity contribution in [2.45, 2.75) is 13.0 Å². The fraction of sp³-hybridized carbons (Fsp3) is 0.231. The summed E-state index contributed by atoms with van der Waals surface area (Å²) in [5.74, 6) is -0.181. The Hall–Kier alpha value is -0.460. The average Bonchev–Trinajstić information content (AvgIpc) is 2.80. The molecule has 4 heteroatoms. The van der Waals surface area contributed by atoms with Crippen molar-refractivity contribution in [3.63, 3.8) is 0 Å². The minimum Gasteiger partial charge on any atom is -0.306 e. The van der Waals surface area contributed by atoms with Gasteiger partial charge in [0.25, 0.3) is 0 Å². The van der Waals surface area contributed by atoms with E-state index in [0.29, 0.717) is 0 Å². The van der Waals surface area contributed by atoms with Gasteiger partial charge in [-0.3, -0.25) is 0 Å². The number of thiophene rings is 1. The van der Waals surface area contributed by atoms with Crippen molar-refractivity contribution in [3.05, 3.63) is 55.5 Å². The maximum atomic E-state index is 13.1. The lowest BCUT2D eigenvalue weighted by molar-refractivity contribution is 0.614. The van der Waals surface area contributed by atoms with Gasteiger partial charge < -0.3 is 5.32 Å². The second kappa shape index (κ2) is 5.93. The molecule has 0 radical (unpaired) electrons. The molecule has 0 aliphatic carbocycles. The molecule has 1 heterocycles. The van der Waals surface area contributed by atoms with Crippen LogP contribution >= 0.6 is 33.9 Å². The molecular formula is C13H13FINS. The highest BCUT2D eigenvalue weighted by atomic mass is 127. The van der Waals surface area contributed by atoms with Gasteiger partial charge in [-0.15, -0.1) is 11.3 Å². The molecule has 1 atom stereocenters. The van der Waals surface area contributed by atoms with E-state index in [2.05, 4.69) is 46.3 Å². The maximum absolute atomic E-state index is 13.1. The van der Waals surface area contributed by atoms with Crippen LogP contribution in [0.25, 0.3) is 0 Å². The molecule has 0 saturated heterocycles. The molecule has 1 N–H and O–H groups in total. The van der Waals surface area contributed by atoms with Gasteiger partial charge in [-0.25, -0.2) is 4.39 Å². The van der Waals surface area contributed by atoms with Crippen molar-refractivity contribution in [1.29, 1.82) is 0 Å². The normalized spacial score (nSPS) is 12.6. The Balaban J connectivity index is 2.39. The predicted octanol–water partition coefficient (Wildman–Crippen LogP) is 4.19. The van der Waals surface area contributed by atoms with Crippen molar-refractivity contribution in [1.82, 2.24) is 5.32 Å². The van der Waals surface area contributed by atoms with E-state index < -0.39 is 0 Å². The summed E-state index contributed by atoms with van der Waals surface area (Å²) in [7, 11) is 0. The molecule has 0 amide bonds. The number of halogens is 2. The lowest BCUT2D eigenvalue weighted by Crippen LogP contribution is -2.22. The molecule has 1 aromatic heterocycles. The van der Waals surface area contributed by atoms with E-state index in [1.165, 1.54) is 10.9 Å². The Labute approximate surface area is 118 Å². The molecule has 0 fully saturated rings. The third kappa shape index (κ3) is 3.05. The highest BCUT2D eigenvalue weighted by molar-refractivity contribution is 14.1. The fourth-order valence-electron chi connectivity index (χ4n) is 1.76. The van der Waals surface area contributed by atoms with Crippen LogP contribution in [0, 0.1) is 9.39 Å². The number of hydrogen-bond donors (Lipinski definition) is 1. The van der Waals surface area contributed by atoms with Crippen LogP contribution in [-0.4, -0.2) is 6.54 Å². The van der Waals surface area contributed by atoms with Gasteiger partial charge in [0.05, 0.1) is 6.04 Å². The van der Waals surface area contributed by atoms with Crippen LogP contribution in [0.15, 0.2) is 35.7 Å². The SMILES string of the molecule is CCNC(c1cccs1)c1ccc(F)cc1I. The molecular weight excluding hydrogens is 348 g/mol. The molecule has 1 nitrogen and oxygen atoms in total. The highest BCUT2D eigenvalue weighted by Gasteiger charge is 2.16. The van der Waals surface area contributed by atoms with Crippen molar-refractivity contribution in [3.8, 4) is 0 Å². The Morgan fingerprint density at radius 3 is 2.82 bits per heavy atom. The zero-order chi connectivity index (χ0) is 12.3. The van der Waals surface area contributed by atoms with E-state index in [4.69, 9.17) is 0 Å². The summed E-state index contributed by atoms with van der Waals surface area (Å²) in [6, 6.07) is 9.28. The Bertz CT molecular complexity index is 484. The number of benzene rings is 1. The molecule has 0 saturated carbocycles. The minimum atomic E-state index is -0.181. The van der Waals surface area contributed by atoms with Crippen LogP contribution in [0.3, 0.4) is 0 Å². The summed E-state index contributed by atoms with van der Waals surface area (Å²) in [4.78, 5) is 1.26. The van der Waals surface area contributed by atoms with Gasteiger partial charge in [0.15, 0.2) is 0 Å². The standard InChI is InChI=1S/C13H13FINS/c1-2-16-13(12-4-3-7-17-12)10-6-5-9(14)8-11(10)15/h3-8,13,16H,2H2,1H3. The monoisotopic (exact) mass is 361 g/mol. The lowest BCUT2D eigenvalue weighted by Gasteiger charge is -2.18. The van der Waals surface area contributed by atoms with E-state index in [-0.39, 0.29) is 11.9 Å². The maximum Gasteiger partial charge on any atom is 0.124 e. The molecule has 2 aromatic rings. The van der Waals surface area contributed by atoms with Crippen molar-refractivity contribution in [2.24, 2.45) is 0 Å². The lowest BCUT2D eigenvalue weighted by atomic mass is 10.1. The zero-order valence-corrected chi connectivity index (χ0v) is 12.4. The first-order valence-electron chi connectivity index (χ1n) is 5.44. The fourth-order valence-corrected chi connectivity index (χ4v) is 3.37. The van der Waals surface area contributed by atoms with Gasteiger partial charge in [0.1, 0.15) is 5.82 Å². The van der Waals surface area contributed by atoms with E-state index in [1.807, 2.05) is 12.1 Å². The Kier molecular flexibility index (Phi) is 4.53. The van der Waals surface area contributed by atoms with E-state index in [9.17, 15) is 4.39 Å². The van der Waals surface area contributed by atoms with Gasteiger partial charge in [-0.05, 0) is 58.3 Å². The average molecular weight is 361 g/mol. The molecule has 1 unspecified atom stereocenters. The third-order valence-electron chi connectivity index (χ3n) is 2.51. The first kappa shape index (κ1) is 13.0. The molecule has 1 aromatic carbocycles. The zero-order valence-electron chi connectivity index (χ0n) is 9.41. The van der Waals surface area contributed by atoms with Gasteiger partial charge in [0.2, 0.25) is 0 Å². The topological polar surface area (TPSA) is 12.0 Å². The largest absolute Gasteiger partial charge is 0.306 e. The molecule has 17 heavy (non-hydrogen) atoms. The Morgan fingerprint density at radius 2 is 2.24 bits per heavy atom. The van der Waals surface area contributed by atoms with Crippen LogP contribution in [0.1, 0.15) is 23.4 Å². The molecule has 2 rings (SSSR count). The van der Waals surface area contributed by atoms with Gasteiger partial charge >= 0.3 is 0 Å². The molecule has 0 bridgehead atoms. The Morgan fingerprint density at radius 1 is 1.41 bits per heavy atom. The quantitative estimate of drug-likeness (QED) is 0.806. The number of hydrogen-bond acceptors (Lipinski definition) is 2. The summed E-state index contributed by atoms with van der Waals surface area (Å²) < 4.78 is 14.1. The smallest absolute Gasteiger partial charge is 0.124 e. The molecule has 0 aliphatic rings. The summed E-state index contributed by atoms with van der Waals surface area (Å²) >= 11 is 3.91. The van der Waals surface area contributed by atoms with Crippen molar-refractivity contribution >= 4 is 33.9 Å². The van der Waals surface area contributed by atoms with E-state index in [0.717, 1.165) is 15.7 Å². The van der Waals surface area contributed by atoms with Gasteiger partial charge in [-0.2, -0.15) is 0 Å². The minimum absolute atomic E-state index is 0.160.